The molecule has 2 unspecified atom stereocenters. The van der Waals surface area contributed by atoms with Crippen LogP contribution in [0.25, 0.3) is 0 Å². The average molecular weight is 342 g/mol. The predicted octanol–water partition coefficient (Wildman–Crippen LogP) is 3.01. The van der Waals surface area contributed by atoms with E-state index in [1.165, 1.54) is 12.1 Å². The topological polar surface area (TPSA) is 72.8 Å². The van der Waals surface area contributed by atoms with Crippen LogP contribution in [0.5, 0.6) is 11.5 Å². The van der Waals surface area contributed by atoms with Gasteiger partial charge in [-0.25, -0.2) is 9.18 Å². The number of rotatable bonds is 2. The summed E-state index contributed by atoms with van der Waals surface area (Å²) in [7, 11) is 0. The highest BCUT2D eigenvalue weighted by Crippen LogP contribution is 2.50. The summed E-state index contributed by atoms with van der Waals surface area (Å²) in [5.41, 5.74) is 1.73. The highest BCUT2D eigenvalue weighted by Gasteiger charge is 2.47. The molecule has 2 aliphatic rings. The van der Waals surface area contributed by atoms with Gasteiger partial charge in [-0.1, -0.05) is 12.1 Å². The molecule has 2 aromatic carbocycles. The molecule has 5 nitrogen and oxygen atoms in total. The van der Waals surface area contributed by atoms with Gasteiger partial charge in [-0.3, -0.25) is 4.79 Å². The molecule has 0 amide bonds. The molecule has 0 saturated carbocycles. The lowest BCUT2D eigenvalue weighted by atomic mass is 9.79. The van der Waals surface area contributed by atoms with Crippen LogP contribution in [0.1, 0.15) is 34.0 Å². The molecule has 1 heterocycles. The van der Waals surface area contributed by atoms with E-state index in [1.807, 2.05) is 0 Å². The molecule has 1 aliphatic heterocycles. The zero-order valence-electron chi connectivity index (χ0n) is 13.6. The van der Waals surface area contributed by atoms with Crippen molar-refractivity contribution < 1.29 is 28.6 Å². The minimum absolute atomic E-state index is 0.0863. The molecule has 1 N–H and O–H groups in total. The molecule has 0 aromatic heterocycles. The predicted molar refractivity (Wildman–Crippen MR) is 85.6 cm³/mol. The molecule has 2 atom stereocenters. The Morgan fingerprint density at radius 2 is 1.96 bits per heavy atom. The Balaban J connectivity index is 1.83. The average Bonchev–Trinajstić information content (AvgIpc) is 3.09. The van der Waals surface area contributed by atoms with Crippen molar-refractivity contribution in [3.63, 3.8) is 0 Å². The van der Waals surface area contributed by atoms with E-state index in [9.17, 15) is 14.0 Å². The van der Waals surface area contributed by atoms with Crippen molar-refractivity contribution in [1.29, 1.82) is 0 Å². The first-order valence-corrected chi connectivity index (χ1v) is 7.84. The molecule has 1 aliphatic carbocycles. The van der Waals surface area contributed by atoms with Crippen LogP contribution in [-0.2, 0) is 16.6 Å². The van der Waals surface area contributed by atoms with Crippen molar-refractivity contribution in [3.05, 3.63) is 58.4 Å². The number of ether oxygens (including phenoxy) is 2. The summed E-state index contributed by atoms with van der Waals surface area (Å²) < 4.78 is 24.0. The zero-order chi connectivity index (χ0) is 17.9. The standard InChI is InChI=1S/C19H15FO5/c1-9-7-13-15(25-18(24-13)17(22)23)12-8-19(2,16(21)14(9)12)10-3-5-11(20)6-4-10/h3-7,18H,8H2,1-2H3,(H,22,23). The van der Waals surface area contributed by atoms with Crippen LogP contribution in [0.4, 0.5) is 4.39 Å². The van der Waals surface area contributed by atoms with Gasteiger partial charge in [0.1, 0.15) is 5.82 Å². The second-order valence-corrected chi connectivity index (χ2v) is 6.63. The summed E-state index contributed by atoms with van der Waals surface area (Å²) in [6, 6.07) is 7.49. The van der Waals surface area contributed by atoms with Crippen LogP contribution >= 0.6 is 0 Å². The Morgan fingerprint density at radius 1 is 1.28 bits per heavy atom. The van der Waals surface area contributed by atoms with Crippen LogP contribution < -0.4 is 9.47 Å². The second kappa shape index (κ2) is 5.05. The van der Waals surface area contributed by atoms with Gasteiger partial charge in [-0.05, 0) is 49.6 Å². The lowest BCUT2D eigenvalue weighted by Crippen LogP contribution is -2.29. The third-order valence-electron chi connectivity index (χ3n) is 4.94. The van der Waals surface area contributed by atoms with Crippen LogP contribution in [-0.4, -0.2) is 23.1 Å². The number of fused-ring (bicyclic) bond motifs is 3. The van der Waals surface area contributed by atoms with Gasteiger partial charge in [0, 0.05) is 11.1 Å². The largest absolute Gasteiger partial charge is 0.476 e. The van der Waals surface area contributed by atoms with Crippen LogP contribution in [0.3, 0.4) is 0 Å². The summed E-state index contributed by atoms with van der Waals surface area (Å²) in [5.74, 6) is -1.04. The molecule has 128 valence electrons. The molecule has 0 bridgehead atoms. The number of carboxylic acid groups (broad SMARTS) is 1. The Bertz CT molecular complexity index is 918. The van der Waals surface area contributed by atoms with E-state index in [-0.39, 0.29) is 11.6 Å². The number of hydrogen-bond donors (Lipinski definition) is 1. The maximum Gasteiger partial charge on any atom is 0.387 e. The van der Waals surface area contributed by atoms with E-state index < -0.39 is 17.7 Å². The number of carbonyl (C=O) groups is 2. The molecule has 2 aromatic rings. The van der Waals surface area contributed by atoms with E-state index >= 15 is 0 Å². The van der Waals surface area contributed by atoms with Gasteiger partial charge in [0.25, 0.3) is 0 Å². The minimum Gasteiger partial charge on any atom is -0.476 e. The summed E-state index contributed by atoms with van der Waals surface area (Å²) in [6.07, 6.45) is -1.07. The first-order chi connectivity index (χ1) is 11.8. The normalized spacial score (nSPS) is 23.6. The number of carboxylic acids is 1. The number of ketones is 1. The fourth-order valence-electron chi connectivity index (χ4n) is 3.64. The zero-order valence-corrected chi connectivity index (χ0v) is 13.6. The molecule has 4 rings (SSSR count). The van der Waals surface area contributed by atoms with Crippen LogP contribution in [0.15, 0.2) is 30.3 Å². The summed E-state index contributed by atoms with van der Waals surface area (Å²) in [4.78, 5) is 24.3. The van der Waals surface area contributed by atoms with E-state index in [0.717, 1.165) is 0 Å². The van der Waals surface area contributed by atoms with Gasteiger partial charge in [-0.2, -0.15) is 0 Å². The van der Waals surface area contributed by atoms with E-state index in [4.69, 9.17) is 14.6 Å². The number of halogens is 1. The van der Waals surface area contributed by atoms with Gasteiger partial charge < -0.3 is 14.6 Å². The van der Waals surface area contributed by atoms with Crippen molar-refractivity contribution in [1.82, 2.24) is 0 Å². The third kappa shape index (κ3) is 2.13. The van der Waals surface area contributed by atoms with Crippen molar-refractivity contribution >= 4 is 11.8 Å². The fourth-order valence-corrected chi connectivity index (χ4v) is 3.64. The molecule has 25 heavy (non-hydrogen) atoms. The highest BCUT2D eigenvalue weighted by molar-refractivity contribution is 6.10. The molecular formula is C19H15FO5. The van der Waals surface area contributed by atoms with Gasteiger partial charge in [0.05, 0.1) is 5.41 Å². The first-order valence-electron chi connectivity index (χ1n) is 7.84. The Kier molecular flexibility index (Phi) is 3.16. The molecule has 0 saturated heterocycles. The SMILES string of the molecule is Cc1cc2c(c3c1C(=O)C(C)(c1ccc(F)cc1)C3)OC(C(=O)O)O2. The van der Waals surface area contributed by atoms with Crippen molar-refractivity contribution in [2.75, 3.05) is 0 Å². The second-order valence-electron chi connectivity index (χ2n) is 6.63. The first kappa shape index (κ1) is 15.6. The number of hydrogen-bond acceptors (Lipinski definition) is 4. The van der Waals surface area contributed by atoms with Crippen molar-refractivity contribution in [2.24, 2.45) is 0 Å². The lowest BCUT2D eigenvalue weighted by Gasteiger charge is -2.22. The molecule has 6 heteroatoms. The van der Waals surface area contributed by atoms with Gasteiger partial charge in [0.2, 0.25) is 0 Å². The maximum absolute atomic E-state index is 13.2. The number of Topliss-reactive ketones (excluding diaryl/α,β-unsaturated/α-hetero) is 1. The third-order valence-corrected chi connectivity index (χ3v) is 4.94. The summed E-state index contributed by atoms with van der Waals surface area (Å²) in [6.45, 7) is 3.59. The summed E-state index contributed by atoms with van der Waals surface area (Å²) >= 11 is 0. The van der Waals surface area contributed by atoms with E-state index in [2.05, 4.69) is 0 Å². The van der Waals surface area contributed by atoms with Crippen LogP contribution in [0, 0.1) is 12.7 Å². The van der Waals surface area contributed by atoms with Crippen molar-refractivity contribution in [3.8, 4) is 11.5 Å². The van der Waals surface area contributed by atoms with Crippen molar-refractivity contribution in [2.45, 2.75) is 32.0 Å². The fraction of sp³-hybridized carbons (Fsp3) is 0.263. The Labute approximate surface area is 143 Å². The maximum atomic E-state index is 13.2. The minimum atomic E-state index is -1.41. The molecule has 0 fully saturated rings. The van der Waals surface area contributed by atoms with Gasteiger partial charge in [-0.15, -0.1) is 0 Å². The number of aliphatic carboxylic acids is 1. The number of carbonyl (C=O) groups excluding carboxylic acids is 1. The highest BCUT2D eigenvalue weighted by atomic mass is 19.1. The van der Waals surface area contributed by atoms with Gasteiger partial charge >= 0.3 is 12.3 Å². The molecule has 0 radical (unpaired) electrons. The van der Waals surface area contributed by atoms with E-state index in [0.29, 0.717) is 40.2 Å². The quantitative estimate of drug-likeness (QED) is 0.908. The van der Waals surface area contributed by atoms with Gasteiger partial charge in [0.15, 0.2) is 17.3 Å². The number of aryl methyl sites for hydroxylation is 1. The summed E-state index contributed by atoms with van der Waals surface area (Å²) in [5, 5.41) is 9.11. The van der Waals surface area contributed by atoms with Crippen LogP contribution in [0.2, 0.25) is 0 Å². The molecule has 0 spiro atoms. The molecular weight excluding hydrogens is 327 g/mol. The Hall–Kier alpha value is -2.89. The lowest BCUT2D eigenvalue weighted by molar-refractivity contribution is -0.154. The Morgan fingerprint density at radius 3 is 2.60 bits per heavy atom. The number of benzene rings is 2. The smallest absolute Gasteiger partial charge is 0.387 e. The monoisotopic (exact) mass is 342 g/mol. The van der Waals surface area contributed by atoms with E-state index in [1.54, 1.807) is 32.0 Å².